The van der Waals surface area contributed by atoms with Crippen molar-refractivity contribution in [2.24, 2.45) is 5.92 Å². The van der Waals surface area contributed by atoms with E-state index in [-0.39, 0.29) is 17.2 Å². The number of phenolic OH excluding ortho intramolecular Hbond substituents is 1. The average molecular weight is 389 g/mol. The van der Waals surface area contributed by atoms with Gasteiger partial charge in [0.2, 0.25) is 0 Å². The minimum Gasteiger partial charge on any atom is -0.507 e. The summed E-state index contributed by atoms with van der Waals surface area (Å²) in [4.78, 5) is 12.4. The highest BCUT2D eigenvalue weighted by Gasteiger charge is 2.11. The molecule has 1 amide bonds. The standard InChI is InChI=1S/C25H27NO3/c1-17(2)14-19-5-7-20(8-6-19)16-29-22-11-9-21(10-12-22)26-25(28)23-15-18(3)4-13-24(23)27/h4-13,15,17,27H,14,16H2,1-3H3,(H,26,28). The molecule has 0 fully saturated rings. The number of aryl methyl sites for hydroxylation is 1. The van der Waals surface area contributed by atoms with Gasteiger partial charge in [-0.15, -0.1) is 0 Å². The Bertz CT molecular complexity index is 960. The molecule has 3 aromatic rings. The Morgan fingerprint density at radius 1 is 0.966 bits per heavy atom. The van der Waals surface area contributed by atoms with Crippen molar-refractivity contribution < 1.29 is 14.6 Å². The van der Waals surface area contributed by atoms with Gasteiger partial charge in [0.05, 0.1) is 5.56 Å². The maximum atomic E-state index is 12.4. The van der Waals surface area contributed by atoms with E-state index in [1.165, 1.54) is 11.6 Å². The lowest BCUT2D eigenvalue weighted by Gasteiger charge is -2.10. The van der Waals surface area contributed by atoms with Crippen LogP contribution < -0.4 is 10.1 Å². The molecule has 2 N–H and O–H groups in total. The third-order valence-electron chi connectivity index (χ3n) is 4.58. The van der Waals surface area contributed by atoms with E-state index < -0.39 is 0 Å². The Labute approximate surface area is 172 Å². The summed E-state index contributed by atoms with van der Waals surface area (Å²) < 4.78 is 5.84. The van der Waals surface area contributed by atoms with Crippen LogP contribution in [0.15, 0.2) is 66.7 Å². The van der Waals surface area contributed by atoms with Gasteiger partial charge >= 0.3 is 0 Å². The molecule has 0 aliphatic carbocycles. The third kappa shape index (κ3) is 5.85. The number of aromatic hydroxyl groups is 1. The van der Waals surface area contributed by atoms with Crippen LogP contribution in [0.25, 0.3) is 0 Å². The Hall–Kier alpha value is -3.27. The molecule has 0 aliphatic rings. The SMILES string of the molecule is Cc1ccc(O)c(C(=O)Nc2ccc(OCc3ccc(CC(C)C)cc3)cc2)c1. The van der Waals surface area contributed by atoms with Crippen molar-refractivity contribution in [2.75, 3.05) is 5.32 Å². The van der Waals surface area contributed by atoms with Gasteiger partial charge in [-0.3, -0.25) is 4.79 Å². The van der Waals surface area contributed by atoms with E-state index >= 15 is 0 Å². The minimum atomic E-state index is -0.346. The van der Waals surface area contributed by atoms with Gasteiger partial charge in [0.25, 0.3) is 5.91 Å². The van der Waals surface area contributed by atoms with Crippen molar-refractivity contribution in [1.29, 1.82) is 0 Å². The van der Waals surface area contributed by atoms with Crippen LogP contribution in [0.1, 0.15) is 40.9 Å². The summed E-state index contributed by atoms with van der Waals surface area (Å²) in [6.07, 6.45) is 1.08. The van der Waals surface area contributed by atoms with Crippen LogP contribution in [0.3, 0.4) is 0 Å². The van der Waals surface area contributed by atoms with Crippen LogP contribution in [0, 0.1) is 12.8 Å². The molecule has 4 heteroatoms. The smallest absolute Gasteiger partial charge is 0.259 e. The third-order valence-corrected chi connectivity index (χ3v) is 4.58. The molecule has 0 bridgehead atoms. The first-order chi connectivity index (χ1) is 13.9. The van der Waals surface area contributed by atoms with Crippen LogP contribution in [0.2, 0.25) is 0 Å². The summed E-state index contributed by atoms with van der Waals surface area (Å²) in [6, 6.07) is 20.6. The number of benzene rings is 3. The predicted octanol–water partition coefficient (Wildman–Crippen LogP) is 5.73. The summed E-state index contributed by atoms with van der Waals surface area (Å²) in [7, 11) is 0. The number of hydrogen-bond donors (Lipinski definition) is 2. The van der Waals surface area contributed by atoms with E-state index in [4.69, 9.17) is 4.74 Å². The molecule has 150 valence electrons. The number of ether oxygens (including phenoxy) is 1. The fourth-order valence-corrected chi connectivity index (χ4v) is 3.07. The number of phenols is 1. The van der Waals surface area contributed by atoms with E-state index in [0.29, 0.717) is 18.2 Å². The number of anilines is 1. The lowest BCUT2D eigenvalue weighted by atomic mass is 10.0. The molecule has 0 saturated heterocycles. The van der Waals surface area contributed by atoms with Gasteiger partial charge in [0, 0.05) is 5.69 Å². The number of rotatable bonds is 7. The van der Waals surface area contributed by atoms with E-state index in [1.807, 2.05) is 19.1 Å². The highest BCUT2D eigenvalue weighted by atomic mass is 16.5. The molecule has 29 heavy (non-hydrogen) atoms. The number of nitrogens with one attached hydrogen (secondary N) is 1. The van der Waals surface area contributed by atoms with E-state index in [1.54, 1.807) is 24.3 Å². The molecule has 0 spiro atoms. The van der Waals surface area contributed by atoms with Crippen molar-refractivity contribution in [3.05, 3.63) is 89.0 Å². The van der Waals surface area contributed by atoms with Crippen LogP contribution >= 0.6 is 0 Å². The Balaban J connectivity index is 1.56. The molecule has 4 nitrogen and oxygen atoms in total. The quantitative estimate of drug-likeness (QED) is 0.542. The molecule has 0 aliphatic heterocycles. The van der Waals surface area contributed by atoms with E-state index in [9.17, 15) is 9.90 Å². The number of carbonyl (C=O) groups excluding carboxylic acids is 1. The Morgan fingerprint density at radius 2 is 1.62 bits per heavy atom. The van der Waals surface area contributed by atoms with Gasteiger partial charge in [0.15, 0.2) is 0 Å². The van der Waals surface area contributed by atoms with E-state index in [2.05, 4.69) is 43.4 Å². The van der Waals surface area contributed by atoms with Crippen LogP contribution in [-0.4, -0.2) is 11.0 Å². The van der Waals surface area contributed by atoms with E-state index in [0.717, 1.165) is 23.3 Å². The minimum absolute atomic E-state index is 0.0348. The molecular formula is C25H27NO3. The molecule has 0 heterocycles. The monoisotopic (exact) mass is 389 g/mol. The molecule has 0 unspecified atom stereocenters. The van der Waals surface area contributed by atoms with Gasteiger partial charge in [-0.25, -0.2) is 0 Å². The van der Waals surface area contributed by atoms with Crippen molar-refractivity contribution in [1.82, 2.24) is 0 Å². The zero-order valence-electron chi connectivity index (χ0n) is 17.1. The Kier molecular flexibility index (Phi) is 6.55. The van der Waals surface area contributed by atoms with Crippen molar-refractivity contribution >= 4 is 11.6 Å². The van der Waals surface area contributed by atoms with Gasteiger partial charge in [0.1, 0.15) is 18.1 Å². The first kappa shape index (κ1) is 20.5. The molecular weight excluding hydrogens is 362 g/mol. The fourth-order valence-electron chi connectivity index (χ4n) is 3.07. The maximum Gasteiger partial charge on any atom is 0.259 e. The zero-order chi connectivity index (χ0) is 20.8. The summed E-state index contributed by atoms with van der Waals surface area (Å²) in [5.74, 6) is 0.993. The highest BCUT2D eigenvalue weighted by molar-refractivity contribution is 6.06. The van der Waals surface area contributed by atoms with Gasteiger partial charge in [-0.05, 0) is 66.8 Å². The van der Waals surface area contributed by atoms with Crippen LogP contribution in [0.4, 0.5) is 5.69 Å². The lowest BCUT2D eigenvalue weighted by Crippen LogP contribution is -2.12. The number of amides is 1. The second-order valence-corrected chi connectivity index (χ2v) is 7.70. The van der Waals surface area contributed by atoms with Gasteiger partial charge < -0.3 is 15.2 Å². The number of hydrogen-bond acceptors (Lipinski definition) is 3. The lowest BCUT2D eigenvalue weighted by molar-refractivity contribution is 0.102. The zero-order valence-corrected chi connectivity index (χ0v) is 17.1. The van der Waals surface area contributed by atoms with Gasteiger partial charge in [-0.1, -0.05) is 49.7 Å². The summed E-state index contributed by atoms with van der Waals surface area (Å²) in [6.45, 7) is 6.80. The average Bonchev–Trinajstić information content (AvgIpc) is 2.70. The first-order valence-corrected chi connectivity index (χ1v) is 9.82. The molecule has 3 rings (SSSR count). The number of carbonyl (C=O) groups is 1. The highest BCUT2D eigenvalue weighted by Crippen LogP contribution is 2.22. The van der Waals surface area contributed by atoms with Crippen molar-refractivity contribution in [3.63, 3.8) is 0 Å². The second kappa shape index (κ2) is 9.28. The summed E-state index contributed by atoms with van der Waals surface area (Å²) in [5, 5.41) is 12.7. The van der Waals surface area contributed by atoms with Crippen LogP contribution in [-0.2, 0) is 13.0 Å². The van der Waals surface area contributed by atoms with Crippen molar-refractivity contribution in [2.45, 2.75) is 33.8 Å². The van der Waals surface area contributed by atoms with Crippen LogP contribution in [0.5, 0.6) is 11.5 Å². The molecule has 0 atom stereocenters. The summed E-state index contributed by atoms with van der Waals surface area (Å²) >= 11 is 0. The normalized spacial score (nSPS) is 10.8. The fraction of sp³-hybridized carbons (Fsp3) is 0.240. The Morgan fingerprint density at radius 3 is 2.28 bits per heavy atom. The summed E-state index contributed by atoms with van der Waals surface area (Å²) in [5.41, 5.74) is 4.26. The second-order valence-electron chi connectivity index (χ2n) is 7.70. The molecule has 0 radical (unpaired) electrons. The largest absolute Gasteiger partial charge is 0.507 e. The van der Waals surface area contributed by atoms with Gasteiger partial charge in [-0.2, -0.15) is 0 Å². The predicted molar refractivity (Wildman–Crippen MR) is 117 cm³/mol. The van der Waals surface area contributed by atoms with Crippen molar-refractivity contribution in [3.8, 4) is 11.5 Å². The molecule has 0 aromatic heterocycles. The first-order valence-electron chi connectivity index (χ1n) is 9.82. The maximum absolute atomic E-state index is 12.4. The molecule has 0 saturated carbocycles. The topological polar surface area (TPSA) is 58.6 Å². The molecule has 3 aromatic carbocycles.